The van der Waals surface area contributed by atoms with Crippen LogP contribution in [0.25, 0.3) is 0 Å². The number of nitrogens with two attached hydrogens (primary N) is 1. The number of likely N-dealkylation sites (tertiary alicyclic amines) is 1. The van der Waals surface area contributed by atoms with Gasteiger partial charge in [0.2, 0.25) is 0 Å². The Hall–Kier alpha value is -0.900. The monoisotopic (exact) mass is 275 g/mol. The van der Waals surface area contributed by atoms with Crippen molar-refractivity contribution in [2.75, 3.05) is 40.3 Å². The van der Waals surface area contributed by atoms with Crippen LogP contribution in [-0.4, -0.2) is 50.1 Å². The van der Waals surface area contributed by atoms with E-state index in [0.717, 1.165) is 12.5 Å². The summed E-state index contributed by atoms with van der Waals surface area (Å²) < 4.78 is 0. The van der Waals surface area contributed by atoms with E-state index in [-0.39, 0.29) is 0 Å². The van der Waals surface area contributed by atoms with Gasteiger partial charge in [0.05, 0.1) is 0 Å². The Balaban J connectivity index is 1.97. The molecule has 1 aliphatic rings. The SMILES string of the molecule is Cc1cccc(C(CN)N(C)CC2CCN(C)CC2)c1. The van der Waals surface area contributed by atoms with Crippen molar-refractivity contribution in [2.24, 2.45) is 11.7 Å². The van der Waals surface area contributed by atoms with Crippen molar-refractivity contribution in [2.45, 2.75) is 25.8 Å². The molecule has 1 aromatic carbocycles. The van der Waals surface area contributed by atoms with E-state index in [1.807, 2.05) is 0 Å². The lowest BCUT2D eigenvalue weighted by molar-refractivity contribution is 0.151. The van der Waals surface area contributed by atoms with Crippen molar-refractivity contribution in [1.82, 2.24) is 9.80 Å². The van der Waals surface area contributed by atoms with Gasteiger partial charge in [-0.1, -0.05) is 29.8 Å². The van der Waals surface area contributed by atoms with Crippen LogP contribution in [0.5, 0.6) is 0 Å². The topological polar surface area (TPSA) is 32.5 Å². The zero-order chi connectivity index (χ0) is 14.5. The molecule has 1 aromatic rings. The second kappa shape index (κ2) is 7.21. The molecule has 1 unspecified atom stereocenters. The number of hydrogen-bond donors (Lipinski definition) is 1. The predicted octanol–water partition coefficient (Wildman–Crippen LogP) is 2.27. The molecule has 0 aromatic heterocycles. The van der Waals surface area contributed by atoms with E-state index in [9.17, 15) is 0 Å². The standard InChI is InChI=1S/C17H29N3/c1-14-5-4-6-16(11-14)17(12-18)20(3)13-15-7-9-19(2)10-8-15/h4-6,11,15,17H,7-10,12-13,18H2,1-3H3. The molecule has 20 heavy (non-hydrogen) atoms. The van der Waals surface area contributed by atoms with E-state index in [2.05, 4.69) is 55.1 Å². The summed E-state index contributed by atoms with van der Waals surface area (Å²) in [7, 11) is 4.44. The summed E-state index contributed by atoms with van der Waals surface area (Å²) in [4.78, 5) is 4.88. The minimum atomic E-state index is 0.342. The van der Waals surface area contributed by atoms with Crippen LogP contribution in [0.4, 0.5) is 0 Å². The fraction of sp³-hybridized carbons (Fsp3) is 0.647. The maximum absolute atomic E-state index is 6.03. The zero-order valence-electron chi connectivity index (χ0n) is 13.2. The lowest BCUT2D eigenvalue weighted by Gasteiger charge is -2.35. The molecule has 2 N–H and O–H groups in total. The molecule has 0 bridgehead atoms. The number of piperidine rings is 1. The summed E-state index contributed by atoms with van der Waals surface area (Å²) in [5.41, 5.74) is 8.70. The Morgan fingerprint density at radius 1 is 1.35 bits per heavy atom. The number of nitrogens with zero attached hydrogens (tertiary/aromatic N) is 2. The third-order valence-electron chi connectivity index (χ3n) is 4.57. The molecule has 1 saturated heterocycles. The third-order valence-corrected chi connectivity index (χ3v) is 4.57. The van der Waals surface area contributed by atoms with E-state index in [4.69, 9.17) is 5.73 Å². The van der Waals surface area contributed by atoms with Crippen molar-refractivity contribution in [3.05, 3.63) is 35.4 Å². The Labute approximate surface area is 123 Å². The van der Waals surface area contributed by atoms with Crippen molar-refractivity contribution < 1.29 is 0 Å². The molecular formula is C17H29N3. The molecule has 1 fully saturated rings. The summed E-state index contributed by atoms with van der Waals surface area (Å²) in [5, 5.41) is 0. The first-order valence-electron chi connectivity index (χ1n) is 7.75. The minimum Gasteiger partial charge on any atom is -0.329 e. The predicted molar refractivity (Wildman–Crippen MR) is 85.8 cm³/mol. The number of hydrogen-bond acceptors (Lipinski definition) is 3. The van der Waals surface area contributed by atoms with Gasteiger partial charge in [-0.25, -0.2) is 0 Å². The highest BCUT2D eigenvalue weighted by Gasteiger charge is 2.22. The van der Waals surface area contributed by atoms with Gasteiger partial charge in [0.1, 0.15) is 0 Å². The van der Waals surface area contributed by atoms with Crippen LogP contribution < -0.4 is 5.73 Å². The maximum Gasteiger partial charge on any atom is 0.0467 e. The summed E-state index contributed by atoms with van der Waals surface area (Å²) in [6.45, 7) is 6.46. The van der Waals surface area contributed by atoms with Crippen LogP contribution in [0.2, 0.25) is 0 Å². The first-order valence-corrected chi connectivity index (χ1v) is 7.75. The van der Waals surface area contributed by atoms with Gasteiger partial charge in [-0.2, -0.15) is 0 Å². The molecule has 0 saturated carbocycles. The van der Waals surface area contributed by atoms with E-state index in [1.165, 1.54) is 37.1 Å². The van der Waals surface area contributed by atoms with Crippen LogP contribution in [0.15, 0.2) is 24.3 Å². The Kier molecular flexibility index (Phi) is 5.58. The van der Waals surface area contributed by atoms with Crippen LogP contribution in [0.3, 0.4) is 0 Å². The highest BCUT2D eigenvalue weighted by atomic mass is 15.1. The van der Waals surface area contributed by atoms with Gasteiger partial charge < -0.3 is 10.6 Å². The molecule has 0 aliphatic carbocycles. The average Bonchev–Trinajstić information content (AvgIpc) is 2.42. The fourth-order valence-electron chi connectivity index (χ4n) is 3.23. The number of rotatable bonds is 5. The molecule has 2 rings (SSSR count). The minimum absolute atomic E-state index is 0.342. The molecule has 1 heterocycles. The molecule has 3 heteroatoms. The lowest BCUT2D eigenvalue weighted by Crippen LogP contribution is -2.38. The summed E-state index contributed by atoms with van der Waals surface area (Å²) in [5.74, 6) is 0.815. The van der Waals surface area contributed by atoms with Gasteiger partial charge in [0.15, 0.2) is 0 Å². The number of likely N-dealkylation sites (N-methyl/N-ethyl adjacent to an activating group) is 1. The lowest BCUT2D eigenvalue weighted by atomic mass is 9.95. The molecule has 112 valence electrons. The number of aryl methyl sites for hydroxylation is 1. The van der Waals surface area contributed by atoms with Crippen molar-refractivity contribution in [3.8, 4) is 0 Å². The number of benzene rings is 1. The smallest absolute Gasteiger partial charge is 0.0467 e. The Morgan fingerprint density at radius 3 is 2.65 bits per heavy atom. The Morgan fingerprint density at radius 2 is 2.05 bits per heavy atom. The van der Waals surface area contributed by atoms with E-state index in [0.29, 0.717) is 12.6 Å². The zero-order valence-corrected chi connectivity index (χ0v) is 13.2. The quantitative estimate of drug-likeness (QED) is 0.895. The molecule has 3 nitrogen and oxygen atoms in total. The third kappa shape index (κ3) is 4.05. The molecule has 0 spiro atoms. The van der Waals surface area contributed by atoms with Crippen molar-refractivity contribution in [1.29, 1.82) is 0 Å². The highest BCUT2D eigenvalue weighted by molar-refractivity contribution is 5.25. The molecule has 1 aliphatic heterocycles. The van der Waals surface area contributed by atoms with Gasteiger partial charge in [-0.15, -0.1) is 0 Å². The van der Waals surface area contributed by atoms with Crippen LogP contribution in [-0.2, 0) is 0 Å². The van der Waals surface area contributed by atoms with Gasteiger partial charge in [-0.3, -0.25) is 4.90 Å². The summed E-state index contributed by atoms with van der Waals surface area (Å²) in [6.07, 6.45) is 2.62. The molecular weight excluding hydrogens is 246 g/mol. The van der Waals surface area contributed by atoms with E-state index >= 15 is 0 Å². The van der Waals surface area contributed by atoms with Crippen molar-refractivity contribution >= 4 is 0 Å². The van der Waals surface area contributed by atoms with E-state index in [1.54, 1.807) is 0 Å². The first kappa shape index (κ1) is 15.5. The van der Waals surface area contributed by atoms with E-state index < -0.39 is 0 Å². The van der Waals surface area contributed by atoms with Gasteiger partial charge in [0, 0.05) is 19.1 Å². The van der Waals surface area contributed by atoms with Crippen LogP contribution in [0.1, 0.15) is 30.0 Å². The second-order valence-electron chi connectivity index (χ2n) is 6.35. The normalized spacial score (nSPS) is 19.4. The molecule has 1 atom stereocenters. The van der Waals surface area contributed by atoms with Gasteiger partial charge >= 0.3 is 0 Å². The first-order chi connectivity index (χ1) is 9.60. The Bertz CT molecular complexity index is 410. The second-order valence-corrected chi connectivity index (χ2v) is 6.35. The largest absolute Gasteiger partial charge is 0.329 e. The summed E-state index contributed by atoms with van der Waals surface area (Å²) in [6, 6.07) is 9.10. The summed E-state index contributed by atoms with van der Waals surface area (Å²) >= 11 is 0. The van der Waals surface area contributed by atoms with Gasteiger partial charge in [-0.05, 0) is 58.4 Å². The molecule has 0 amide bonds. The van der Waals surface area contributed by atoms with Crippen molar-refractivity contribution in [3.63, 3.8) is 0 Å². The average molecular weight is 275 g/mol. The highest BCUT2D eigenvalue weighted by Crippen LogP contribution is 2.23. The van der Waals surface area contributed by atoms with Crippen LogP contribution in [0, 0.1) is 12.8 Å². The van der Waals surface area contributed by atoms with Crippen LogP contribution >= 0.6 is 0 Å². The fourth-order valence-corrected chi connectivity index (χ4v) is 3.23. The van der Waals surface area contributed by atoms with Gasteiger partial charge in [0.25, 0.3) is 0 Å². The molecule has 0 radical (unpaired) electrons. The maximum atomic E-state index is 6.03.